The normalized spacial score (nSPS) is 15.5. The van der Waals surface area contributed by atoms with Gasteiger partial charge in [-0.2, -0.15) is 0 Å². The second-order valence-electron chi connectivity index (χ2n) is 7.76. The highest BCUT2D eigenvalue weighted by atomic mass is 19.1. The van der Waals surface area contributed by atoms with Crippen LogP contribution < -0.4 is 9.47 Å². The number of nitrogens with zero attached hydrogens (tertiary/aromatic N) is 3. The largest absolute Gasteiger partial charge is 0.495 e. The van der Waals surface area contributed by atoms with Gasteiger partial charge in [-0.05, 0) is 36.4 Å². The molecule has 1 aromatic heterocycles. The number of hydrogen-bond acceptors (Lipinski definition) is 5. The summed E-state index contributed by atoms with van der Waals surface area (Å²) < 4.78 is 38.3. The Morgan fingerprint density at radius 2 is 1.84 bits per heavy atom. The van der Waals surface area contributed by atoms with Crippen molar-refractivity contribution < 1.29 is 18.3 Å². The first-order valence-corrected chi connectivity index (χ1v) is 10.7. The predicted octanol–water partition coefficient (Wildman–Crippen LogP) is 4.23. The molecule has 0 bridgehead atoms. The van der Waals surface area contributed by atoms with Crippen LogP contribution in [0.5, 0.6) is 11.5 Å². The van der Waals surface area contributed by atoms with E-state index >= 15 is 0 Å². The van der Waals surface area contributed by atoms with Crippen molar-refractivity contribution in [1.82, 2.24) is 14.8 Å². The lowest BCUT2D eigenvalue weighted by Crippen LogP contribution is -2.47. The van der Waals surface area contributed by atoms with Crippen molar-refractivity contribution in [2.75, 3.05) is 53.0 Å². The first-order chi connectivity index (χ1) is 15.6. The topological polar surface area (TPSA) is 37.8 Å². The van der Waals surface area contributed by atoms with Crippen LogP contribution in [0.4, 0.5) is 8.78 Å². The minimum absolute atomic E-state index is 0.280. The molecule has 5 nitrogen and oxygen atoms in total. The van der Waals surface area contributed by atoms with Crippen molar-refractivity contribution in [1.29, 1.82) is 0 Å². The van der Waals surface area contributed by atoms with E-state index in [1.807, 2.05) is 30.3 Å². The molecule has 1 fully saturated rings. The molecule has 1 saturated heterocycles. The van der Waals surface area contributed by atoms with E-state index in [4.69, 9.17) is 9.47 Å². The van der Waals surface area contributed by atoms with Gasteiger partial charge in [0.25, 0.3) is 0 Å². The van der Waals surface area contributed by atoms with E-state index in [1.54, 1.807) is 19.4 Å². The zero-order valence-electron chi connectivity index (χ0n) is 18.1. The maximum atomic E-state index is 13.7. The number of aromatic nitrogens is 1. The molecule has 0 N–H and O–H groups in total. The molecule has 32 heavy (non-hydrogen) atoms. The van der Waals surface area contributed by atoms with Crippen LogP contribution in [-0.2, 0) is 0 Å². The SMILES string of the molecule is COc1cnc2cccc(OCCN3CCN(C/C=C/c4cc(F)ccc4F)CC3)c2c1. The van der Waals surface area contributed by atoms with E-state index in [2.05, 4.69) is 14.8 Å². The minimum atomic E-state index is -0.430. The van der Waals surface area contributed by atoms with Crippen LogP contribution >= 0.6 is 0 Å². The van der Waals surface area contributed by atoms with Gasteiger partial charge in [-0.3, -0.25) is 14.8 Å². The van der Waals surface area contributed by atoms with E-state index < -0.39 is 11.6 Å². The molecule has 0 atom stereocenters. The standard InChI is InChI=1S/C25H27F2N3O2/c1-31-21-17-22-24(28-18-21)5-2-6-25(22)32-15-14-30-12-10-29(11-13-30)9-3-4-19-16-20(26)7-8-23(19)27/h2-8,16-18H,9-15H2,1H3/b4-3+. The first kappa shape index (κ1) is 22.2. The highest BCUT2D eigenvalue weighted by Crippen LogP contribution is 2.27. The number of piperazine rings is 1. The maximum absolute atomic E-state index is 13.7. The van der Waals surface area contributed by atoms with Crippen molar-refractivity contribution >= 4 is 17.0 Å². The molecule has 0 aliphatic carbocycles. The van der Waals surface area contributed by atoms with E-state index in [9.17, 15) is 8.78 Å². The van der Waals surface area contributed by atoms with Gasteiger partial charge in [-0.1, -0.05) is 18.2 Å². The maximum Gasteiger partial charge on any atom is 0.137 e. The van der Waals surface area contributed by atoms with Gasteiger partial charge in [-0.25, -0.2) is 8.78 Å². The van der Waals surface area contributed by atoms with Crippen LogP contribution in [0, 0.1) is 11.6 Å². The van der Waals surface area contributed by atoms with Gasteiger partial charge in [0.1, 0.15) is 29.7 Å². The Bertz CT molecular complexity index is 1080. The number of halogens is 2. The zero-order valence-corrected chi connectivity index (χ0v) is 18.1. The van der Waals surface area contributed by atoms with Crippen LogP contribution in [-0.4, -0.2) is 67.8 Å². The van der Waals surface area contributed by atoms with E-state index in [-0.39, 0.29) is 5.56 Å². The Morgan fingerprint density at radius 3 is 2.66 bits per heavy atom. The summed E-state index contributed by atoms with van der Waals surface area (Å²) in [6, 6.07) is 11.3. The van der Waals surface area contributed by atoms with E-state index in [1.165, 1.54) is 6.07 Å². The van der Waals surface area contributed by atoms with Gasteiger partial charge in [0, 0.05) is 50.2 Å². The van der Waals surface area contributed by atoms with E-state index in [0.717, 1.165) is 61.5 Å². The summed E-state index contributed by atoms with van der Waals surface area (Å²) in [7, 11) is 1.63. The van der Waals surface area contributed by atoms with Gasteiger partial charge in [-0.15, -0.1) is 0 Å². The zero-order chi connectivity index (χ0) is 22.3. The fourth-order valence-electron chi connectivity index (χ4n) is 3.79. The van der Waals surface area contributed by atoms with Crippen molar-refractivity contribution in [3.05, 3.63) is 71.9 Å². The second kappa shape index (κ2) is 10.5. The number of fused-ring (bicyclic) bond motifs is 1. The molecule has 0 radical (unpaired) electrons. The first-order valence-electron chi connectivity index (χ1n) is 10.7. The van der Waals surface area contributed by atoms with Crippen LogP contribution in [0.2, 0.25) is 0 Å². The Morgan fingerprint density at radius 1 is 1.03 bits per heavy atom. The molecule has 0 spiro atoms. The number of rotatable bonds is 8. The van der Waals surface area contributed by atoms with Crippen molar-refractivity contribution in [2.45, 2.75) is 0 Å². The number of pyridine rings is 1. The second-order valence-corrected chi connectivity index (χ2v) is 7.76. The molecule has 1 aliphatic rings. The van der Waals surface area contributed by atoms with Crippen molar-refractivity contribution in [3.8, 4) is 11.5 Å². The number of benzene rings is 2. The Balaban J connectivity index is 1.22. The third kappa shape index (κ3) is 5.60. The molecule has 3 aromatic rings. The van der Waals surface area contributed by atoms with Gasteiger partial charge < -0.3 is 9.47 Å². The molecular formula is C25H27F2N3O2. The molecule has 0 unspecified atom stereocenters. The fourth-order valence-corrected chi connectivity index (χ4v) is 3.79. The molecule has 168 valence electrons. The van der Waals surface area contributed by atoms with Crippen molar-refractivity contribution in [2.24, 2.45) is 0 Å². The lowest BCUT2D eigenvalue weighted by atomic mass is 10.2. The van der Waals surface area contributed by atoms with Crippen LogP contribution in [0.3, 0.4) is 0 Å². The average Bonchev–Trinajstić information content (AvgIpc) is 2.82. The van der Waals surface area contributed by atoms with Crippen LogP contribution in [0.1, 0.15) is 5.56 Å². The highest BCUT2D eigenvalue weighted by molar-refractivity contribution is 5.86. The molecule has 4 rings (SSSR count). The quantitative estimate of drug-likeness (QED) is 0.525. The van der Waals surface area contributed by atoms with Crippen LogP contribution in [0.15, 0.2) is 54.7 Å². The highest BCUT2D eigenvalue weighted by Gasteiger charge is 2.16. The predicted molar refractivity (Wildman–Crippen MR) is 122 cm³/mol. The van der Waals surface area contributed by atoms with Gasteiger partial charge >= 0.3 is 0 Å². The van der Waals surface area contributed by atoms with E-state index in [0.29, 0.717) is 18.9 Å². The Kier molecular flexibility index (Phi) is 7.29. The lowest BCUT2D eigenvalue weighted by Gasteiger charge is -2.34. The fraction of sp³-hybridized carbons (Fsp3) is 0.320. The molecular weight excluding hydrogens is 412 g/mol. The Labute approximate surface area is 186 Å². The molecule has 0 saturated carbocycles. The summed E-state index contributed by atoms with van der Waals surface area (Å²) in [6.07, 6.45) is 5.24. The van der Waals surface area contributed by atoms with Crippen LogP contribution in [0.25, 0.3) is 17.0 Å². The summed E-state index contributed by atoms with van der Waals surface area (Å²) in [5.41, 5.74) is 1.16. The minimum Gasteiger partial charge on any atom is -0.495 e. The van der Waals surface area contributed by atoms with Gasteiger partial charge in [0.15, 0.2) is 0 Å². The molecule has 1 aliphatic heterocycles. The summed E-state index contributed by atoms with van der Waals surface area (Å²) in [5, 5.41) is 0.943. The average molecular weight is 440 g/mol. The molecule has 0 amide bonds. The number of methoxy groups -OCH3 is 1. The molecule has 2 aromatic carbocycles. The van der Waals surface area contributed by atoms with Gasteiger partial charge in [0.05, 0.1) is 18.8 Å². The number of ether oxygens (including phenoxy) is 2. The number of hydrogen-bond donors (Lipinski definition) is 0. The Hall–Kier alpha value is -3.03. The molecule has 7 heteroatoms. The smallest absolute Gasteiger partial charge is 0.137 e. The van der Waals surface area contributed by atoms with Crippen molar-refractivity contribution in [3.63, 3.8) is 0 Å². The molecule has 2 heterocycles. The lowest BCUT2D eigenvalue weighted by molar-refractivity contribution is 0.125. The summed E-state index contributed by atoms with van der Waals surface area (Å²) in [4.78, 5) is 9.08. The summed E-state index contributed by atoms with van der Waals surface area (Å²) >= 11 is 0. The summed E-state index contributed by atoms with van der Waals surface area (Å²) in [5.74, 6) is 0.676. The summed E-state index contributed by atoms with van der Waals surface area (Å²) in [6.45, 7) is 5.87. The third-order valence-corrected chi connectivity index (χ3v) is 5.65. The van der Waals surface area contributed by atoms with Gasteiger partial charge in [0.2, 0.25) is 0 Å². The third-order valence-electron chi connectivity index (χ3n) is 5.65. The monoisotopic (exact) mass is 439 g/mol.